The lowest BCUT2D eigenvalue weighted by atomic mass is 10.1. The van der Waals surface area contributed by atoms with Gasteiger partial charge in [0.15, 0.2) is 5.96 Å². The van der Waals surface area contributed by atoms with E-state index < -0.39 is 12.0 Å². The third-order valence-corrected chi connectivity index (χ3v) is 3.23. The zero-order valence-corrected chi connectivity index (χ0v) is 11.6. The second kappa shape index (κ2) is 7.95. The van der Waals surface area contributed by atoms with E-state index >= 15 is 0 Å². The molecule has 1 fully saturated rings. The van der Waals surface area contributed by atoms with Crippen molar-refractivity contribution in [3.05, 3.63) is 10.4 Å². The Balaban J connectivity index is 2.59. The number of carbonyl (C=O) groups is 2. The predicted octanol–water partition coefficient (Wildman–Crippen LogP) is -0.348. The van der Waals surface area contributed by atoms with Crippen LogP contribution in [0.15, 0.2) is 10.1 Å². The van der Waals surface area contributed by atoms with Gasteiger partial charge in [-0.15, -0.1) is 0 Å². The molecule has 1 rings (SSSR count). The van der Waals surface area contributed by atoms with Gasteiger partial charge in [-0.2, -0.15) is 0 Å². The van der Waals surface area contributed by atoms with E-state index in [1.54, 1.807) is 0 Å². The SMILES string of the molecule is [N-]=[N+]=NCC1CC(=O)N(C(CCCN=C(N)N)C(=O)O)C1. The number of likely N-dealkylation sites (tertiary alicyclic amines) is 1. The first kappa shape index (κ1) is 16.6. The van der Waals surface area contributed by atoms with E-state index in [4.69, 9.17) is 17.0 Å². The third-order valence-electron chi connectivity index (χ3n) is 3.23. The summed E-state index contributed by atoms with van der Waals surface area (Å²) < 4.78 is 0. The number of aliphatic carboxylic acids is 1. The molecule has 0 aromatic rings. The number of amides is 1. The van der Waals surface area contributed by atoms with Gasteiger partial charge < -0.3 is 21.5 Å². The van der Waals surface area contributed by atoms with Gasteiger partial charge in [0, 0.05) is 31.0 Å². The van der Waals surface area contributed by atoms with Gasteiger partial charge in [-0.3, -0.25) is 9.79 Å². The van der Waals surface area contributed by atoms with Crippen molar-refractivity contribution >= 4 is 17.8 Å². The van der Waals surface area contributed by atoms with Crippen LogP contribution in [0.1, 0.15) is 19.3 Å². The van der Waals surface area contributed by atoms with Crippen molar-refractivity contribution in [3.8, 4) is 0 Å². The molecule has 116 valence electrons. The number of nitrogens with two attached hydrogens (primary N) is 2. The van der Waals surface area contributed by atoms with Crippen LogP contribution in [0, 0.1) is 5.92 Å². The molecule has 0 aromatic heterocycles. The van der Waals surface area contributed by atoms with Gasteiger partial charge in [0.2, 0.25) is 5.91 Å². The molecule has 2 atom stereocenters. The number of carbonyl (C=O) groups excluding carboxylic acids is 1. The molecule has 1 aliphatic heterocycles. The summed E-state index contributed by atoms with van der Waals surface area (Å²) in [6.45, 7) is 0.798. The van der Waals surface area contributed by atoms with Gasteiger partial charge in [0.25, 0.3) is 0 Å². The van der Waals surface area contributed by atoms with Crippen molar-refractivity contribution < 1.29 is 14.7 Å². The summed E-state index contributed by atoms with van der Waals surface area (Å²) in [5.41, 5.74) is 18.6. The number of carboxylic acid groups (broad SMARTS) is 1. The van der Waals surface area contributed by atoms with Crippen LogP contribution in [0.3, 0.4) is 0 Å². The Morgan fingerprint density at radius 1 is 1.57 bits per heavy atom. The molecule has 1 heterocycles. The Kier molecular flexibility index (Phi) is 6.28. The fourth-order valence-corrected chi connectivity index (χ4v) is 2.29. The van der Waals surface area contributed by atoms with E-state index in [1.165, 1.54) is 4.90 Å². The van der Waals surface area contributed by atoms with Crippen LogP contribution in [-0.2, 0) is 9.59 Å². The Hall–Kier alpha value is -2.48. The standard InChI is InChI=1S/C11H19N7O3/c12-11(13)15-3-1-2-8(10(20)21)18-6-7(4-9(18)19)5-16-17-14/h7-8H,1-6H2,(H,20,21)(H4,12,13,15). The number of azide groups is 1. The van der Waals surface area contributed by atoms with Crippen molar-refractivity contribution in [3.63, 3.8) is 0 Å². The molecule has 10 nitrogen and oxygen atoms in total. The number of carboxylic acids is 1. The molecule has 1 aliphatic rings. The largest absolute Gasteiger partial charge is 0.480 e. The van der Waals surface area contributed by atoms with Crippen LogP contribution in [0.5, 0.6) is 0 Å². The first-order valence-electron chi connectivity index (χ1n) is 6.54. The molecule has 21 heavy (non-hydrogen) atoms. The normalized spacial score (nSPS) is 19.0. The lowest BCUT2D eigenvalue weighted by Gasteiger charge is -2.24. The molecule has 10 heteroatoms. The van der Waals surface area contributed by atoms with E-state index in [-0.39, 0.29) is 43.7 Å². The maximum absolute atomic E-state index is 11.9. The van der Waals surface area contributed by atoms with Gasteiger partial charge in [0.1, 0.15) is 6.04 Å². The highest BCUT2D eigenvalue weighted by Crippen LogP contribution is 2.22. The van der Waals surface area contributed by atoms with Gasteiger partial charge in [0.05, 0.1) is 0 Å². The highest BCUT2D eigenvalue weighted by atomic mass is 16.4. The summed E-state index contributed by atoms with van der Waals surface area (Å²) in [5.74, 6) is -1.47. The highest BCUT2D eigenvalue weighted by molar-refractivity contribution is 5.85. The molecule has 0 saturated carbocycles. The quantitative estimate of drug-likeness (QED) is 0.138. The van der Waals surface area contributed by atoms with Gasteiger partial charge in [-0.05, 0) is 24.3 Å². The molecule has 1 saturated heterocycles. The van der Waals surface area contributed by atoms with Crippen LogP contribution < -0.4 is 11.5 Å². The summed E-state index contributed by atoms with van der Waals surface area (Å²) in [6.07, 6.45) is 0.933. The van der Waals surface area contributed by atoms with Gasteiger partial charge >= 0.3 is 5.97 Å². The fraction of sp³-hybridized carbons (Fsp3) is 0.727. The van der Waals surface area contributed by atoms with Crippen LogP contribution >= 0.6 is 0 Å². The Bertz CT molecular complexity index is 468. The van der Waals surface area contributed by atoms with Crippen molar-refractivity contribution in [1.82, 2.24) is 4.90 Å². The smallest absolute Gasteiger partial charge is 0.326 e. The van der Waals surface area contributed by atoms with Crippen molar-refractivity contribution in [2.75, 3.05) is 19.6 Å². The van der Waals surface area contributed by atoms with Crippen LogP contribution in [0.2, 0.25) is 0 Å². The molecule has 0 radical (unpaired) electrons. The summed E-state index contributed by atoms with van der Waals surface area (Å²) in [4.78, 5) is 31.0. The molecule has 0 aromatic carbocycles. The zero-order chi connectivity index (χ0) is 15.8. The minimum Gasteiger partial charge on any atom is -0.480 e. The van der Waals surface area contributed by atoms with Gasteiger partial charge in [-0.25, -0.2) is 4.79 Å². The minimum absolute atomic E-state index is 0.0476. The molecule has 2 unspecified atom stereocenters. The summed E-state index contributed by atoms with van der Waals surface area (Å²) in [7, 11) is 0. The van der Waals surface area contributed by atoms with E-state index in [2.05, 4.69) is 15.0 Å². The number of guanidine groups is 1. The number of hydrogen-bond acceptors (Lipinski definition) is 4. The van der Waals surface area contributed by atoms with Crippen LogP contribution in [-0.4, -0.2) is 53.5 Å². The topological polar surface area (TPSA) is 171 Å². The zero-order valence-electron chi connectivity index (χ0n) is 11.6. The lowest BCUT2D eigenvalue weighted by molar-refractivity contribution is -0.148. The number of rotatable bonds is 8. The summed E-state index contributed by atoms with van der Waals surface area (Å²) in [5, 5.41) is 12.7. The second-order valence-corrected chi connectivity index (χ2v) is 4.83. The number of nitrogens with zero attached hydrogens (tertiary/aromatic N) is 5. The predicted molar refractivity (Wildman–Crippen MR) is 75.2 cm³/mol. The van der Waals surface area contributed by atoms with E-state index in [0.29, 0.717) is 13.0 Å². The molecule has 1 amide bonds. The molecular formula is C11H19N7O3. The van der Waals surface area contributed by atoms with E-state index in [0.717, 1.165) is 0 Å². The fourth-order valence-electron chi connectivity index (χ4n) is 2.29. The Morgan fingerprint density at radius 3 is 2.86 bits per heavy atom. The summed E-state index contributed by atoms with van der Waals surface area (Å²) in [6, 6.07) is -0.900. The molecular weight excluding hydrogens is 278 g/mol. The average Bonchev–Trinajstić information content (AvgIpc) is 2.76. The highest BCUT2D eigenvalue weighted by Gasteiger charge is 2.36. The lowest BCUT2D eigenvalue weighted by Crippen LogP contribution is -2.42. The van der Waals surface area contributed by atoms with E-state index in [1.807, 2.05) is 0 Å². The number of aliphatic imine (C=N–C) groups is 1. The first-order chi connectivity index (χ1) is 9.95. The van der Waals surface area contributed by atoms with Crippen LogP contribution in [0.4, 0.5) is 0 Å². The Morgan fingerprint density at radius 2 is 2.29 bits per heavy atom. The number of hydrogen-bond donors (Lipinski definition) is 3. The third kappa shape index (κ3) is 5.19. The maximum atomic E-state index is 11.9. The first-order valence-corrected chi connectivity index (χ1v) is 6.54. The van der Waals surface area contributed by atoms with Crippen molar-refractivity contribution in [2.45, 2.75) is 25.3 Å². The van der Waals surface area contributed by atoms with Gasteiger partial charge in [-0.1, -0.05) is 5.11 Å². The maximum Gasteiger partial charge on any atom is 0.326 e. The van der Waals surface area contributed by atoms with Crippen molar-refractivity contribution in [1.29, 1.82) is 0 Å². The molecule has 0 spiro atoms. The average molecular weight is 297 g/mol. The van der Waals surface area contributed by atoms with E-state index in [9.17, 15) is 14.7 Å². The molecule has 5 N–H and O–H groups in total. The Labute approximate surface area is 121 Å². The monoisotopic (exact) mass is 297 g/mol. The summed E-state index contributed by atoms with van der Waals surface area (Å²) >= 11 is 0. The minimum atomic E-state index is -1.06. The van der Waals surface area contributed by atoms with Crippen LogP contribution in [0.25, 0.3) is 10.4 Å². The molecule has 0 aliphatic carbocycles. The van der Waals surface area contributed by atoms with Crippen molar-refractivity contribution in [2.24, 2.45) is 27.5 Å². The second-order valence-electron chi connectivity index (χ2n) is 4.83. The molecule has 0 bridgehead atoms.